The van der Waals surface area contributed by atoms with Gasteiger partial charge in [0.25, 0.3) is 11.8 Å². The number of nitrogens with two attached hydrogens (primary N) is 1. The molecule has 0 aliphatic rings. The third-order valence-electron chi connectivity index (χ3n) is 4.18. The van der Waals surface area contributed by atoms with Gasteiger partial charge >= 0.3 is 0 Å². The van der Waals surface area contributed by atoms with Crippen LogP contribution in [0.3, 0.4) is 0 Å². The molecule has 0 bridgehead atoms. The summed E-state index contributed by atoms with van der Waals surface area (Å²) in [5.41, 5.74) is 7.46. The van der Waals surface area contributed by atoms with Gasteiger partial charge in [0.2, 0.25) is 0 Å². The number of para-hydroxylation sites is 1. The van der Waals surface area contributed by atoms with Crippen LogP contribution in [0.5, 0.6) is 17.2 Å². The lowest BCUT2D eigenvalue weighted by atomic mass is 10.1. The maximum absolute atomic E-state index is 12.4. The number of methoxy groups -OCH3 is 2. The molecule has 2 rings (SSSR count). The van der Waals surface area contributed by atoms with Crippen molar-refractivity contribution in [3.63, 3.8) is 0 Å². The number of primary amides is 1. The van der Waals surface area contributed by atoms with Crippen molar-refractivity contribution < 1.29 is 23.8 Å². The van der Waals surface area contributed by atoms with E-state index in [1.165, 1.54) is 0 Å². The number of hydrogen-bond acceptors (Lipinski definition) is 5. The SMILES string of the molecule is COc1cc(C)c(CN(C)C(=O)COc2ccccc2C(N)=O)cc1OC. The second-order valence-corrected chi connectivity index (χ2v) is 6.03. The molecule has 0 spiro atoms. The first-order valence-electron chi connectivity index (χ1n) is 8.34. The summed E-state index contributed by atoms with van der Waals surface area (Å²) in [6.07, 6.45) is 0. The molecular weight excluding hydrogens is 348 g/mol. The van der Waals surface area contributed by atoms with Crippen molar-refractivity contribution >= 4 is 11.8 Å². The van der Waals surface area contributed by atoms with E-state index in [0.29, 0.717) is 18.0 Å². The average Bonchev–Trinajstić information content (AvgIpc) is 2.67. The standard InChI is InChI=1S/C20H24N2O5/c1-13-9-17(25-3)18(26-4)10-14(13)11-22(2)19(23)12-27-16-8-6-5-7-15(16)20(21)24/h5-10H,11-12H2,1-4H3,(H2,21,24). The largest absolute Gasteiger partial charge is 0.493 e. The zero-order valence-electron chi connectivity index (χ0n) is 15.9. The highest BCUT2D eigenvalue weighted by atomic mass is 16.5. The molecule has 7 nitrogen and oxygen atoms in total. The van der Waals surface area contributed by atoms with Gasteiger partial charge in [-0.2, -0.15) is 0 Å². The Labute approximate surface area is 158 Å². The van der Waals surface area contributed by atoms with Crippen molar-refractivity contribution in [3.8, 4) is 17.2 Å². The Hall–Kier alpha value is -3.22. The van der Waals surface area contributed by atoms with Gasteiger partial charge in [0, 0.05) is 13.6 Å². The van der Waals surface area contributed by atoms with Crippen LogP contribution < -0.4 is 19.9 Å². The highest BCUT2D eigenvalue weighted by Crippen LogP contribution is 2.30. The summed E-state index contributed by atoms with van der Waals surface area (Å²) < 4.78 is 16.1. The van der Waals surface area contributed by atoms with E-state index in [9.17, 15) is 9.59 Å². The minimum absolute atomic E-state index is 0.201. The summed E-state index contributed by atoms with van der Waals surface area (Å²) in [5, 5.41) is 0. The Morgan fingerprint density at radius 2 is 1.67 bits per heavy atom. The predicted octanol–water partition coefficient (Wildman–Crippen LogP) is 2.15. The van der Waals surface area contributed by atoms with Crippen LogP contribution >= 0.6 is 0 Å². The first-order valence-corrected chi connectivity index (χ1v) is 8.34. The van der Waals surface area contributed by atoms with Gasteiger partial charge in [-0.25, -0.2) is 0 Å². The van der Waals surface area contributed by atoms with Gasteiger partial charge in [-0.3, -0.25) is 9.59 Å². The Bertz CT molecular complexity index is 835. The minimum Gasteiger partial charge on any atom is -0.493 e. The van der Waals surface area contributed by atoms with Crippen LogP contribution in [0.15, 0.2) is 36.4 Å². The minimum atomic E-state index is -0.604. The number of rotatable bonds is 8. The zero-order chi connectivity index (χ0) is 20.0. The van der Waals surface area contributed by atoms with E-state index in [2.05, 4.69) is 0 Å². The van der Waals surface area contributed by atoms with Crippen LogP contribution in [0.2, 0.25) is 0 Å². The first-order chi connectivity index (χ1) is 12.9. The van der Waals surface area contributed by atoms with Crippen molar-refractivity contribution in [2.75, 3.05) is 27.9 Å². The second kappa shape index (κ2) is 8.93. The third-order valence-corrected chi connectivity index (χ3v) is 4.18. The van der Waals surface area contributed by atoms with Crippen LogP contribution in [0.4, 0.5) is 0 Å². The molecule has 0 saturated heterocycles. The maximum atomic E-state index is 12.4. The number of likely N-dealkylation sites (N-methyl/N-ethyl adjacent to an activating group) is 1. The van der Waals surface area contributed by atoms with Gasteiger partial charge < -0.3 is 24.8 Å². The van der Waals surface area contributed by atoms with E-state index in [1.54, 1.807) is 50.4 Å². The van der Waals surface area contributed by atoms with Crippen molar-refractivity contribution in [3.05, 3.63) is 53.1 Å². The molecule has 2 aromatic carbocycles. The van der Waals surface area contributed by atoms with Crippen LogP contribution in [-0.2, 0) is 11.3 Å². The smallest absolute Gasteiger partial charge is 0.260 e. The molecular formula is C20H24N2O5. The van der Waals surface area contributed by atoms with Gasteiger partial charge in [-0.05, 0) is 42.3 Å². The first kappa shape index (κ1) is 20.1. The lowest BCUT2D eigenvalue weighted by Crippen LogP contribution is -2.31. The number of nitrogens with zero attached hydrogens (tertiary/aromatic N) is 1. The fraction of sp³-hybridized carbons (Fsp3) is 0.300. The molecule has 0 heterocycles. The summed E-state index contributed by atoms with van der Waals surface area (Å²) in [6, 6.07) is 10.3. The molecule has 0 atom stereocenters. The number of benzene rings is 2. The Kier molecular flexibility index (Phi) is 6.65. The lowest BCUT2D eigenvalue weighted by molar-refractivity contribution is -0.132. The fourth-order valence-corrected chi connectivity index (χ4v) is 2.58. The third kappa shape index (κ3) is 4.91. The summed E-state index contributed by atoms with van der Waals surface area (Å²) >= 11 is 0. The number of ether oxygens (including phenoxy) is 3. The average molecular weight is 372 g/mol. The summed E-state index contributed by atoms with van der Waals surface area (Å²) in [5.74, 6) is 0.689. The number of hydrogen-bond donors (Lipinski definition) is 1. The van der Waals surface area contributed by atoms with Gasteiger partial charge in [-0.1, -0.05) is 12.1 Å². The Morgan fingerprint density at radius 3 is 2.30 bits per heavy atom. The topological polar surface area (TPSA) is 91.1 Å². The molecule has 0 saturated carbocycles. The normalized spacial score (nSPS) is 10.2. The maximum Gasteiger partial charge on any atom is 0.260 e. The van der Waals surface area contributed by atoms with E-state index in [-0.39, 0.29) is 23.8 Å². The monoisotopic (exact) mass is 372 g/mol. The van der Waals surface area contributed by atoms with Crippen molar-refractivity contribution in [2.45, 2.75) is 13.5 Å². The molecule has 7 heteroatoms. The predicted molar refractivity (Wildman–Crippen MR) is 101 cm³/mol. The zero-order valence-corrected chi connectivity index (χ0v) is 15.9. The second-order valence-electron chi connectivity index (χ2n) is 6.03. The molecule has 2 N–H and O–H groups in total. The molecule has 27 heavy (non-hydrogen) atoms. The molecule has 144 valence electrons. The van der Waals surface area contributed by atoms with Gasteiger partial charge in [-0.15, -0.1) is 0 Å². The molecule has 0 unspecified atom stereocenters. The Balaban J connectivity index is 2.05. The molecule has 0 aromatic heterocycles. The van der Waals surface area contributed by atoms with E-state index < -0.39 is 5.91 Å². The van der Waals surface area contributed by atoms with E-state index in [4.69, 9.17) is 19.9 Å². The van der Waals surface area contributed by atoms with Gasteiger partial charge in [0.15, 0.2) is 18.1 Å². The van der Waals surface area contributed by atoms with Gasteiger partial charge in [0.1, 0.15) is 5.75 Å². The highest BCUT2D eigenvalue weighted by molar-refractivity contribution is 5.95. The van der Waals surface area contributed by atoms with E-state index in [0.717, 1.165) is 11.1 Å². The molecule has 2 amide bonds. The van der Waals surface area contributed by atoms with Crippen molar-refractivity contribution in [2.24, 2.45) is 5.73 Å². The van der Waals surface area contributed by atoms with Crippen LogP contribution in [-0.4, -0.2) is 44.6 Å². The summed E-state index contributed by atoms with van der Waals surface area (Å²) in [6.45, 7) is 2.12. The number of aryl methyl sites for hydroxylation is 1. The van der Waals surface area contributed by atoms with E-state index in [1.807, 2.05) is 19.1 Å². The highest BCUT2D eigenvalue weighted by Gasteiger charge is 2.16. The van der Waals surface area contributed by atoms with Crippen LogP contribution in [0.25, 0.3) is 0 Å². The summed E-state index contributed by atoms with van der Waals surface area (Å²) in [4.78, 5) is 25.4. The van der Waals surface area contributed by atoms with Crippen LogP contribution in [0.1, 0.15) is 21.5 Å². The number of carbonyl (C=O) groups excluding carboxylic acids is 2. The lowest BCUT2D eigenvalue weighted by Gasteiger charge is -2.20. The quantitative estimate of drug-likeness (QED) is 0.767. The Morgan fingerprint density at radius 1 is 1.04 bits per heavy atom. The van der Waals surface area contributed by atoms with Gasteiger partial charge in [0.05, 0.1) is 19.8 Å². The van der Waals surface area contributed by atoms with Crippen molar-refractivity contribution in [1.29, 1.82) is 0 Å². The molecule has 0 fully saturated rings. The van der Waals surface area contributed by atoms with Crippen LogP contribution in [0, 0.1) is 6.92 Å². The number of amides is 2. The molecule has 2 aromatic rings. The summed E-state index contributed by atoms with van der Waals surface area (Å²) in [7, 11) is 4.82. The molecule has 0 radical (unpaired) electrons. The molecule has 0 aliphatic carbocycles. The van der Waals surface area contributed by atoms with E-state index >= 15 is 0 Å². The van der Waals surface area contributed by atoms with Crippen molar-refractivity contribution in [1.82, 2.24) is 4.90 Å². The fourth-order valence-electron chi connectivity index (χ4n) is 2.58. The number of carbonyl (C=O) groups is 2. The molecule has 0 aliphatic heterocycles.